The lowest BCUT2D eigenvalue weighted by Crippen LogP contribution is -2.41. The van der Waals surface area contributed by atoms with Gasteiger partial charge in [0.1, 0.15) is 0 Å². The van der Waals surface area contributed by atoms with Gasteiger partial charge in [-0.15, -0.1) is 0 Å². The van der Waals surface area contributed by atoms with Gasteiger partial charge in [0.05, 0.1) is 11.2 Å². The number of rotatable bonds is 2. The van der Waals surface area contributed by atoms with Crippen molar-refractivity contribution in [3.05, 3.63) is 41.6 Å². The van der Waals surface area contributed by atoms with E-state index in [1.165, 1.54) is 11.0 Å². The van der Waals surface area contributed by atoms with E-state index in [0.717, 1.165) is 12.8 Å². The first kappa shape index (κ1) is 13.8. The monoisotopic (exact) mass is 271 g/mol. The molecule has 2 heterocycles. The van der Waals surface area contributed by atoms with Crippen molar-refractivity contribution in [2.75, 3.05) is 0 Å². The van der Waals surface area contributed by atoms with Gasteiger partial charge in [-0.1, -0.05) is 6.08 Å². The van der Waals surface area contributed by atoms with Crippen LogP contribution in [0.15, 0.2) is 36.1 Å². The second kappa shape index (κ2) is 4.71. The molecule has 4 heteroatoms. The summed E-state index contributed by atoms with van der Waals surface area (Å²) in [5.74, 6) is 0.534. The van der Waals surface area contributed by atoms with Crippen LogP contribution in [0.4, 0.5) is 0 Å². The molecule has 106 valence electrons. The maximum Gasteiger partial charge on any atom is 0.490 e. The van der Waals surface area contributed by atoms with Gasteiger partial charge in [0.15, 0.2) is 0 Å². The Bertz CT molecular complexity index is 509. The lowest BCUT2D eigenvalue weighted by Gasteiger charge is -2.32. The lowest BCUT2D eigenvalue weighted by atomic mass is 9.76. The molecular formula is C16H22BNO2. The average Bonchev–Trinajstić information content (AvgIpc) is 2.94. The van der Waals surface area contributed by atoms with Gasteiger partial charge in [-0.2, -0.15) is 0 Å². The number of allylic oxidation sites excluding steroid dienone is 2. The molecule has 1 unspecified atom stereocenters. The number of pyridine rings is 1. The summed E-state index contributed by atoms with van der Waals surface area (Å²) < 4.78 is 12.3. The van der Waals surface area contributed by atoms with Crippen LogP contribution < -0.4 is 0 Å². The highest BCUT2D eigenvalue weighted by Gasteiger charge is 2.52. The standard InChI is InChI=1S/C16H22BNO2/c1-15(2)16(3,4)20-17(19-15)14-6-5-13(11-14)12-7-9-18-10-8-12/h6-10,13H,5,11H2,1-4H3. The molecule has 3 rings (SSSR count). The minimum atomic E-state index is -0.257. The first-order valence-corrected chi connectivity index (χ1v) is 7.33. The molecule has 0 amide bonds. The Morgan fingerprint density at radius 1 is 1.10 bits per heavy atom. The molecule has 0 radical (unpaired) electrons. The molecule has 1 saturated heterocycles. The Kier molecular flexibility index (Phi) is 3.26. The lowest BCUT2D eigenvalue weighted by molar-refractivity contribution is 0.00578. The van der Waals surface area contributed by atoms with Crippen molar-refractivity contribution in [1.82, 2.24) is 4.98 Å². The minimum Gasteiger partial charge on any atom is -0.400 e. The van der Waals surface area contributed by atoms with Gasteiger partial charge >= 0.3 is 7.12 Å². The van der Waals surface area contributed by atoms with Gasteiger partial charge in [-0.3, -0.25) is 4.98 Å². The van der Waals surface area contributed by atoms with E-state index in [1.54, 1.807) is 0 Å². The summed E-state index contributed by atoms with van der Waals surface area (Å²) in [4.78, 5) is 4.08. The topological polar surface area (TPSA) is 31.4 Å². The summed E-state index contributed by atoms with van der Waals surface area (Å²) in [6.45, 7) is 8.40. The molecule has 20 heavy (non-hydrogen) atoms. The molecular weight excluding hydrogens is 249 g/mol. The molecule has 0 aromatic carbocycles. The fraction of sp³-hybridized carbons (Fsp3) is 0.562. The van der Waals surface area contributed by atoms with Crippen LogP contribution in [-0.2, 0) is 9.31 Å². The number of hydrogen-bond acceptors (Lipinski definition) is 3. The van der Waals surface area contributed by atoms with Crippen LogP contribution in [0, 0.1) is 0 Å². The summed E-state index contributed by atoms with van der Waals surface area (Å²) in [7, 11) is -0.188. The molecule has 1 atom stereocenters. The van der Waals surface area contributed by atoms with E-state index < -0.39 is 0 Å². The quantitative estimate of drug-likeness (QED) is 0.771. The molecule has 1 aliphatic carbocycles. The summed E-state index contributed by atoms with van der Waals surface area (Å²) in [6.07, 6.45) is 8.09. The van der Waals surface area contributed by atoms with Gasteiger partial charge in [-0.05, 0) is 69.6 Å². The maximum absolute atomic E-state index is 6.13. The van der Waals surface area contributed by atoms with Crippen molar-refractivity contribution in [2.45, 2.75) is 57.7 Å². The Morgan fingerprint density at radius 3 is 2.30 bits per heavy atom. The summed E-state index contributed by atoms with van der Waals surface area (Å²) in [6, 6.07) is 4.21. The smallest absolute Gasteiger partial charge is 0.400 e. The fourth-order valence-electron chi connectivity index (χ4n) is 2.82. The van der Waals surface area contributed by atoms with Crippen molar-refractivity contribution >= 4 is 7.12 Å². The van der Waals surface area contributed by atoms with E-state index in [9.17, 15) is 0 Å². The average molecular weight is 271 g/mol. The molecule has 0 bridgehead atoms. The van der Waals surface area contributed by atoms with Crippen molar-refractivity contribution in [2.24, 2.45) is 0 Å². The molecule has 0 N–H and O–H groups in total. The number of aromatic nitrogens is 1. The Labute approximate surface area is 121 Å². The second-order valence-electron chi connectivity index (χ2n) is 6.78. The van der Waals surface area contributed by atoms with E-state index in [2.05, 4.69) is 50.9 Å². The highest BCUT2D eigenvalue weighted by atomic mass is 16.7. The van der Waals surface area contributed by atoms with Crippen LogP contribution in [0.25, 0.3) is 0 Å². The number of hydrogen-bond donors (Lipinski definition) is 0. The van der Waals surface area contributed by atoms with Gasteiger partial charge in [0.25, 0.3) is 0 Å². The van der Waals surface area contributed by atoms with Gasteiger partial charge in [0, 0.05) is 12.4 Å². The Morgan fingerprint density at radius 2 is 1.70 bits per heavy atom. The fourth-order valence-corrected chi connectivity index (χ4v) is 2.82. The van der Waals surface area contributed by atoms with Crippen LogP contribution in [0.5, 0.6) is 0 Å². The summed E-state index contributed by atoms with van der Waals surface area (Å²) in [5, 5.41) is 0. The van der Waals surface area contributed by atoms with Crippen LogP contribution in [0.3, 0.4) is 0 Å². The maximum atomic E-state index is 6.13. The predicted octanol–water partition coefficient (Wildman–Crippen LogP) is 3.52. The predicted molar refractivity (Wildman–Crippen MR) is 80.4 cm³/mol. The van der Waals surface area contributed by atoms with Crippen molar-refractivity contribution in [3.63, 3.8) is 0 Å². The van der Waals surface area contributed by atoms with Crippen molar-refractivity contribution in [1.29, 1.82) is 0 Å². The highest BCUT2D eigenvalue weighted by Crippen LogP contribution is 2.43. The molecule has 1 fully saturated rings. The number of nitrogens with zero attached hydrogens (tertiary/aromatic N) is 1. The minimum absolute atomic E-state index is 0.188. The zero-order chi connectivity index (χ0) is 14.4. The van der Waals surface area contributed by atoms with Crippen LogP contribution in [0.2, 0.25) is 0 Å². The van der Waals surface area contributed by atoms with Crippen LogP contribution in [0.1, 0.15) is 52.0 Å². The Hall–Kier alpha value is -1.13. The molecule has 1 aromatic heterocycles. The third kappa shape index (κ3) is 2.31. The largest absolute Gasteiger partial charge is 0.490 e. The van der Waals surface area contributed by atoms with Crippen molar-refractivity contribution in [3.8, 4) is 0 Å². The van der Waals surface area contributed by atoms with E-state index in [1.807, 2.05) is 12.4 Å². The van der Waals surface area contributed by atoms with E-state index in [-0.39, 0.29) is 18.3 Å². The molecule has 1 aliphatic heterocycles. The Balaban J connectivity index is 1.70. The van der Waals surface area contributed by atoms with Gasteiger partial charge < -0.3 is 9.31 Å². The SMILES string of the molecule is CC1(C)OB(C2=CCC(c3ccncc3)C2)OC1(C)C. The highest BCUT2D eigenvalue weighted by molar-refractivity contribution is 6.54. The normalized spacial score (nSPS) is 27.7. The van der Waals surface area contributed by atoms with Crippen LogP contribution in [-0.4, -0.2) is 23.3 Å². The van der Waals surface area contributed by atoms with E-state index in [4.69, 9.17) is 9.31 Å². The van der Waals surface area contributed by atoms with Crippen LogP contribution >= 0.6 is 0 Å². The first-order valence-electron chi connectivity index (χ1n) is 7.33. The summed E-state index contributed by atoms with van der Waals surface area (Å²) in [5.41, 5.74) is 2.12. The van der Waals surface area contributed by atoms with E-state index in [0.29, 0.717) is 5.92 Å². The molecule has 1 aromatic rings. The second-order valence-corrected chi connectivity index (χ2v) is 6.78. The molecule has 3 nitrogen and oxygen atoms in total. The molecule has 2 aliphatic rings. The summed E-state index contributed by atoms with van der Waals surface area (Å²) >= 11 is 0. The molecule has 0 spiro atoms. The molecule has 0 saturated carbocycles. The van der Waals surface area contributed by atoms with Gasteiger partial charge in [0.2, 0.25) is 0 Å². The van der Waals surface area contributed by atoms with Crippen molar-refractivity contribution < 1.29 is 9.31 Å². The van der Waals surface area contributed by atoms with Gasteiger partial charge in [-0.25, -0.2) is 0 Å². The third-order valence-electron chi connectivity index (χ3n) is 4.88. The van der Waals surface area contributed by atoms with E-state index >= 15 is 0 Å². The third-order valence-corrected chi connectivity index (χ3v) is 4.88. The zero-order valence-electron chi connectivity index (χ0n) is 12.7. The zero-order valence-corrected chi connectivity index (χ0v) is 12.7. The first-order chi connectivity index (χ1) is 9.39.